The molecule has 6 heteroatoms. The van der Waals surface area contributed by atoms with E-state index in [1.54, 1.807) is 0 Å². The number of hydrogen-bond donors (Lipinski definition) is 1. The number of thioether (sulfide) groups is 1. The van der Waals surface area contributed by atoms with Crippen LogP contribution < -0.4 is 10.5 Å². The van der Waals surface area contributed by atoms with Gasteiger partial charge in [0.05, 0.1) is 6.61 Å². The Morgan fingerprint density at radius 3 is 2.75 bits per heavy atom. The quantitative estimate of drug-likeness (QED) is 0.807. The Kier molecular flexibility index (Phi) is 4.54. The van der Waals surface area contributed by atoms with Crippen LogP contribution in [0.2, 0.25) is 0 Å². The predicted molar refractivity (Wildman–Crippen MR) is 58.8 cm³/mol. The Morgan fingerprint density at radius 1 is 1.50 bits per heavy atom. The highest BCUT2D eigenvalue weighted by molar-refractivity contribution is 7.98. The molecule has 0 bridgehead atoms. The number of hydrogen-bond acceptors (Lipinski definition) is 3. The van der Waals surface area contributed by atoms with Crippen molar-refractivity contribution in [3.8, 4) is 5.75 Å². The summed E-state index contributed by atoms with van der Waals surface area (Å²) >= 11 is 1.53. The molecule has 0 atom stereocenters. The van der Waals surface area contributed by atoms with Crippen LogP contribution in [0.1, 0.15) is 10.4 Å². The molecular formula is C10H11F2NO2S. The van der Waals surface area contributed by atoms with Crippen molar-refractivity contribution in [1.82, 2.24) is 0 Å². The zero-order valence-electron chi connectivity index (χ0n) is 8.63. The Labute approximate surface area is 96.0 Å². The first-order valence-corrected chi connectivity index (χ1v) is 5.87. The van der Waals surface area contributed by atoms with Crippen molar-refractivity contribution in [2.45, 2.75) is 0 Å². The van der Waals surface area contributed by atoms with E-state index in [4.69, 9.17) is 10.5 Å². The van der Waals surface area contributed by atoms with Gasteiger partial charge in [0.1, 0.15) is 11.4 Å². The van der Waals surface area contributed by atoms with Crippen LogP contribution in [0.25, 0.3) is 0 Å². The summed E-state index contributed by atoms with van der Waals surface area (Å²) in [6.07, 6.45) is 1.87. The first kappa shape index (κ1) is 12.8. The van der Waals surface area contributed by atoms with Gasteiger partial charge in [0.25, 0.3) is 5.91 Å². The number of benzene rings is 1. The molecule has 0 aromatic heterocycles. The van der Waals surface area contributed by atoms with Gasteiger partial charge in [0, 0.05) is 5.75 Å². The molecule has 0 saturated carbocycles. The molecule has 1 rings (SSSR count). The van der Waals surface area contributed by atoms with E-state index in [0.29, 0.717) is 5.75 Å². The second-order valence-corrected chi connectivity index (χ2v) is 3.93. The van der Waals surface area contributed by atoms with E-state index >= 15 is 0 Å². The first-order chi connectivity index (χ1) is 7.57. The maximum atomic E-state index is 13.5. The molecule has 3 nitrogen and oxygen atoms in total. The van der Waals surface area contributed by atoms with Crippen molar-refractivity contribution in [3.05, 3.63) is 29.3 Å². The van der Waals surface area contributed by atoms with Crippen LogP contribution in [-0.2, 0) is 0 Å². The highest BCUT2D eigenvalue weighted by Crippen LogP contribution is 2.23. The number of carbonyl (C=O) groups is 1. The summed E-state index contributed by atoms with van der Waals surface area (Å²) in [4.78, 5) is 10.8. The van der Waals surface area contributed by atoms with Crippen molar-refractivity contribution in [2.24, 2.45) is 5.73 Å². The molecular weight excluding hydrogens is 236 g/mol. The molecule has 0 fully saturated rings. The minimum atomic E-state index is -1.15. The Hall–Kier alpha value is -1.30. The number of ether oxygens (including phenoxy) is 1. The number of carbonyl (C=O) groups excluding carboxylic acids is 1. The van der Waals surface area contributed by atoms with Crippen molar-refractivity contribution < 1.29 is 18.3 Å². The summed E-state index contributed by atoms with van der Waals surface area (Å²) < 4.78 is 31.7. The van der Waals surface area contributed by atoms with E-state index in [2.05, 4.69) is 0 Å². The second kappa shape index (κ2) is 5.69. The standard InChI is InChI=1S/C10H11F2NO2S/c1-16-5-4-15-7-3-2-6(11)8(9(7)12)10(13)14/h2-3H,4-5H2,1H3,(H2,13,14). The molecule has 0 aliphatic heterocycles. The van der Waals surface area contributed by atoms with E-state index in [9.17, 15) is 13.6 Å². The highest BCUT2D eigenvalue weighted by atomic mass is 32.2. The van der Waals surface area contributed by atoms with Gasteiger partial charge in [-0.05, 0) is 18.4 Å². The number of nitrogens with two attached hydrogens (primary N) is 1. The number of rotatable bonds is 5. The van der Waals surface area contributed by atoms with Crippen LogP contribution in [-0.4, -0.2) is 24.5 Å². The topological polar surface area (TPSA) is 52.3 Å². The first-order valence-electron chi connectivity index (χ1n) is 4.47. The van der Waals surface area contributed by atoms with Gasteiger partial charge in [-0.15, -0.1) is 0 Å². The van der Waals surface area contributed by atoms with Crippen LogP contribution in [0.5, 0.6) is 5.75 Å². The average molecular weight is 247 g/mol. The molecule has 2 N–H and O–H groups in total. The molecule has 0 radical (unpaired) electrons. The Balaban J connectivity index is 2.95. The van der Waals surface area contributed by atoms with E-state index in [1.807, 2.05) is 6.26 Å². The predicted octanol–water partition coefficient (Wildman–Crippen LogP) is 1.81. The summed E-state index contributed by atoms with van der Waals surface area (Å²) in [6, 6.07) is 2.09. The summed E-state index contributed by atoms with van der Waals surface area (Å²) in [5.41, 5.74) is 4.10. The van der Waals surface area contributed by atoms with Crippen LogP contribution in [0.3, 0.4) is 0 Å². The molecule has 1 amide bonds. The van der Waals surface area contributed by atoms with Gasteiger partial charge >= 0.3 is 0 Å². The van der Waals surface area contributed by atoms with E-state index < -0.39 is 23.1 Å². The molecule has 0 aliphatic carbocycles. The Morgan fingerprint density at radius 2 is 2.19 bits per heavy atom. The van der Waals surface area contributed by atoms with Crippen LogP contribution >= 0.6 is 11.8 Å². The van der Waals surface area contributed by atoms with E-state index in [-0.39, 0.29) is 12.4 Å². The summed E-state index contributed by atoms with van der Waals surface area (Å²) in [5.74, 6) is -2.67. The summed E-state index contributed by atoms with van der Waals surface area (Å²) in [6.45, 7) is 0.280. The monoisotopic (exact) mass is 247 g/mol. The summed E-state index contributed by atoms with van der Waals surface area (Å²) in [5, 5.41) is 0. The number of primary amides is 1. The molecule has 88 valence electrons. The lowest BCUT2D eigenvalue weighted by Crippen LogP contribution is -2.16. The fourth-order valence-electron chi connectivity index (χ4n) is 1.11. The smallest absolute Gasteiger partial charge is 0.254 e. The highest BCUT2D eigenvalue weighted by Gasteiger charge is 2.18. The van der Waals surface area contributed by atoms with Crippen molar-refractivity contribution in [1.29, 1.82) is 0 Å². The molecule has 0 unspecified atom stereocenters. The molecule has 0 spiro atoms. The fraction of sp³-hybridized carbons (Fsp3) is 0.300. The lowest BCUT2D eigenvalue weighted by molar-refractivity contribution is 0.0991. The lowest BCUT2D eigenvalue weighted by atomic mass is 10.2. The minimum absolute atomic E-state index is 0.163. The molecule has 16 heavy (non-hydrogen) atoms. The minimum Gasteiger partial charge on any atom is -0.490 e. The van der Waals surface area contributed by atoms with Crippen molar-refractivity contribution in [2.75, 3.05) is 18.6 Å². The second-order valence-electron chi connectivity index (χ2n) is 2.94. The maximum absolute atomic E-state index is 13.5. The van der Waals surface area contributed by atoms with Gasteiger partial charge in [-0.3, -0.25) is 4.79 Å². The third-order valence-electron chi connectivity index (χ3n) is 1.85. The van der Waals surface area contributed by atoms with Gasteiger partial charge < -0.3 is 10.5 Å². The number of amides is 1. The van der Waals surface area contributed by atoms with Crippen molar-refractivity contribution in [3.63, 3.8) is 0 Å². The van der Waals surface area contributed by atoms with Gasteiger partial charge in [-0.2, -0.15) is 11.8 Å². The molecule has 0 aliphatic rings. The summed E-state index contributed by atoms with van der Waals surface area (Å²) in [7, 11) is 0. The maximum Gasteiger partial charge on any atom is 0.254 e. The molecule has 1 aromatic rings. The van der Waals surface area contributed by atoms with Crippen molar-refractivity contribution >= 4 is 17.7 Å². The van der Waals surface area contributed by atoms with Gasteiger partial charge in [-0.1, -0.05) is 0 Å². The number of halogens is 2. The van der Waals surface area contributed by atoms with Gasteiger partial charge in [0.15, 0.2) is 11.6 Å². The normalized spacial score (nSPS) is 10.2. The van der Waals surface area contributed by atoms with Gasteiger partial charge in [0.2, 0.25) is 0 Å². The Bertz CT molecular complexity index is 399. The molecule has 0 saturated heterocycles. The van der Waals surface area contributed by atoms with Crippen LogP contribution in [0, 0.1) is 11.6 Å². The van der Waals surface area contributed by atoms with E-state index in [1.165, 1.54) is 11.8 Å². The molecule has 1 aromatic carbocycles. The third-order valence-corrected chi connectivity index (χ3v) is 2.42. The zero-order valence-corrected chi connectivity index (χ0v) is 9.44. The fourth-order valence-corrected chi connectivity index (χ4v) is 1.36. The van der Waals surface area contributed by atoms with E-state index in [0.717, 1.165) is 12.1 Å². The average Bonchev–Trinajstić information content (AvgIpc) is 2.21. The molecule has 0 heterocycles. The lowest BCUT2D eigenvalue weighted by Gasteiger charge is -2.08. The van der Waals surface area contributed by atoms with Crippen LogP contribution in [0.4, 0.5) is 8.78 Å². The largest absolute Gasteiger partial charge is 0.490 e. The zero-order chi connectivity index (χ0) is 12.1. The SMILES string of the molecule is CSCCOc1ccc(F)c(C(N)=O)c1F. The van der Waals surface area contributed by atoms with Crippen LogP contribution in [0.15, 0.2) is 12.1 Å². The van der Waals surface area contributed by atoms with Gasteiger partial charge in [-0.25, -0.2) is 8.78 Å². The third kappa shape index (κ3) is 2.85.